The van der Waals surface area contributed by atoms with E-state index in [-0.39, 0.29) is 11.9 Å². The number of piperidine rings is 2. The molecule has 0 aromatic carbocycles. The zero-order chi connectivity index (χ0) is 18.0. The first kappa shape index (κ1) is 17.5. The van der Waals surface area contributed by atoms with Crippen LogP contribution in [0, 0.1) is 5.92 Å². The molecule has 7 heteroatoms. The van der Waals surface area contributed by atoms with Crippen LogP contribution >= 0.6 is 0 Å². The summed E-state index contributed by atoms with van der Waals surface area (Å²) in [6.07, 6.45) is 10.7. The Hall–Kier alpha value is -1.89. The summed E-state index contributed by atoms with van der Waals surface area (Å²) >= 11 is 0. The fourth-order valence-corrected chi connectivity index (χ4v) is 4.64. The normalized spacial score (nSPS) is 30.0. The Morgan fingerprint density at radius 2 is 1.85 bits per heavy atom. The van der Waals surface area contributed by atoms with Gasteiger partial charge in [0.25, 0.3) is 0 Å². The zero-order valence-corrected chi connectivity index (χ0v) is 15.3. The van der Waals surface area contributed by atoms with E-state index in [0.29, 0.717) is 44.5 Å². The van der Waals surface area contributed by atoms with E-state index >= 15 is 0 Å². The van der Waals surface area contributed by atoms with Crippen LogP contribution in [0.25, 0.3) is 0 Å². The first-order valence-corrected chi connectivity index (χ1v) is 9.94. The lowest BCUT2D eigenvalue weighted by atomic mass is 9.76. The number of carbonyl (C=O) groups is 1. The van der Waals surface area contributed by atoms with Gasteiger partial charge >= 0.3 is 6.03 Å². The van der Waals surface area contributed by atoms with Crippen molar-refractivity contribution < 1.29 is 9.90 Å². The van der Waals surface area contributed by atoms with Crippen LogP contribution in [-0.2, 0) is 0 Å². The van der Waals surface area contributed by atoms with Gasteiger partial charge in [0, 0.05) is 50.5 Å². The largest absolute Gasteiger partial charge is 0.389 e. The molecule has 3 aliphatic rings. The fraction of sp³-hybridized carbons (Fsp3) is 0.737. The van der Waals surface area contributed by atoms with E-state index in [1.807, 2.05) is 11.0 Å². The number of nitrogens with zero attached hydrogens (tertiary/aromatic N) is 4. The first-order chi connectivity index (χ1) is 12.6. The number of aromatic nitrogens is 2. The van der Waals surface area contributed by atoms with Gasteiger partial charge in [-0.15, -0.1) is 0 Å². The summed E-state index contributed by atoms with van der Waals surface area (Å²) in [5.41, 5.74) is -0.674. The average Bonchev–Trinajstić information content (AvgIpc) is 2.68. The summed E-state index contributed by atoms with van der Waals surface area (Å²) in [4.78, 5) is 25.4. The molecule has 0 bridgehead atoms. The molecule has 2 atom stereocenters. The highest BCUT2D eigenvalue weighted by molar-refractivity contribution is 5.74. The maximum atomic E-state index is 12.7. The average molecular weight is 359 g/mol. The van der Waals surface area contributed by atoms with Crippen LogP contribution in [0.4, 0.5) is 10.7 Å². The minimum Gasteiger partial charge on any atom is -0.389 e. The number of anilines is 1. The molecule has 2 saturated heterocycles. The molecule has 3 fully saturated rings. The Balaban J connectivity index is 1.39. The van der Waals surface area contributed by atoms with E-state index < -0.39 is 5.60 Å². The maximum absolute atomic E-state index is 12.7. The number of fused-ring (bicyclic) bond motifs is 1. The van der Waals surface area contributed by atoms with E-state index in [0.717, 1.165) is 19.4 Å². The molecule has 2 aliphatic heterocycles. The molecule has 1 aliphatic carbocycles. The van der Waals surface area contributed by atoms with Crippen molar-refractivity contribution in [2.75, 3.05) is 31.1 Å². The molecule has 7 nitrogen and oxygen atoms in total. The third kappa shape index (κ3) is 3.63. The van der Waals surface area contributed by atoms with Crippen LogP contribution < -0.4 is 10.2 Å². The van der Waals surface area contributed by atoms with E-state index in [2.05, 4.69) is 20.2 Å². The molecular formula is C19H29N5O2. The topological polar surface area (TPSA) is 81.6 Å². The van der Waals surface area contributed by atoms with Crippen LogP contribution in [0.3, 0.4) is 0 Å². The second kappa shape index (κ2) is 7.39. The number of urea groups is 1. The van der Waals surface area contributed by atoms with Crippen molar-refractivity contribution in [2.24, 2.45) is 5.92 Å². The Bertz CT molecular complexity index is 622. The smallest absolute Gasteiger partial charge is 0.317 e. The summed E-state index contributed by atoms with van der Waals surface area (Å²) in [5, 5.41) is 14.3. The molecule has 3 heterocycles. The molecule has 26 heavy (non-hydrogen) atoms. The number of amides is 2. The number of carbonyl (C=O) groups excluding carboxylic acids is 1. The number of rotatable bonds is 2. The lowest BCUT2D eigenvalue weighted by molar-refractivity contribution is -0.0749. The summed E-state index contributed by atoms with van der Waals surface area (Å²) in [6.45, 7) is 2.67. The van der Waals surface area contributed by atoms with Gasteiger partial charge in [-0.3, -0.25) is 0 Å². The second-order valence-corrected chi connectivity index (χ2v) is 8.03. The predicted octanol–water partition coefficient (Wildman–Crippen LogP) is 1.78. The predicted molar refractivity (Wildman–Crippen MR) is 98.9 cm³/mol. The van der Waals surface area contributed by atoms with Crippen molar-refractivity contribution in [2.45, 2.75) is 56.6 Å². The molecule has 2 amide bonds. The highest BCUT2D eigenvalue weighted by atomic mass is 16.3. The molecule has 0 radical (unpaired) electrons. The third-order valence-corrected chi connectivity index (χ3v) is 6.33. The molecule has 142 valence electrons. The van der Waals surface area contributed by atoms with Crippen molar-refractivity contribution in [3.05, 3.63) is 18.5 Å². The molecule has 0 unspecified atom stereocenters. The Morgan fingerprint density at radius 1 is 1.12 bits per heavy atom. The zero-order valence-electron chi connectivity index (χ0n) is 15.3. The van der Waals surface area contributed by atoms with Gasteiger partial charge in [-0.05, 0) is 31.7 Å². The summed E-state index contributed by atoms with van der Waals surface area (Å²) in [5.74, 6) is 0.740. The molecule has 0 spiro atoms. The van der Waals surface area contributed by atoms with Crippen LogP contribution in [-0.4, -0.2) is 63.8 Å². The maximum Gasteiger partial charge on any atom is 0.317 e. The number of hydrogen-bond acceptors (Lipinski definition) is 5. The number of likely N-dealkylation sites (tertiary alicyclic amines) is 1. The highest BCUT2D eigenvalue weighted by Crippen LogP contribution is 2.36. The van der Waals surface area contributed by atoms with Gasteiger partial charge in [-0.1, -0.05) is 19.3 Å². The van der Waals surface area contributed by atoms with E-state index in [4.69, 9.17) is 0 Å². The third-order valence-electron chi connectivity index (χ3n) is 6.33. The van der Waals surface area contributed by atoms with Gasteiger partial charge in [-0.2, -0.15) is 0 Å². The summed E-state index contributed by atoms with van der Waals surface area (Å²) in [7, 11) is 0. The number of hydrogen-bond donors (Lipinski definition) is 2. The number of aliphatic hydroxyl groups is 1. The van der Waals surface area contributed by atoms with Gasteiger partial charge in [-0.25, -0.2) is 14.8 Å². The van der Waals surface area contributed by atoms with Gasteiger partial charge in [0.1, 0.15) is 0 Å². The van der Waals surface area contributed by atoms with Crippen LogP contribution in [0.2, 0.25) is 0 Å². The minimum atomic E-state index is -0.674. The lowest BCUT2D eigenvalue weighted by Crippen LogP contribution is -2.62. The van der Waals surface area contributed by atoms with Gasteiger partial charge < -0.3 is 20.2 Å². The van der Waals surface area contributed by atoms with Crippen LogP contribution in [0.5, 0.6) is 0 Å². The lowest BCUT2D eigenvalue weighted by Gasteiger charge is -2.50. The Kier molecular flexibility index (Phi) is 4.98. The summed E-state index contributed by atoms with van der Waals surface area (Å²) < 4.78 is 0. The monoisotopic (exact) mass is 359 g/mol. The molecule has 1 saturated carbocycles. The van der Waals surface area contributed by atoms with Gasteiger partial charge in [0.15, 0.2) is 0 Å². The van der Waals surface area contributed by atoms with Crippen molar-refractivity contribution >= 4 is 12.0 Å². The quantitative estimate of drug-likeness (QED) is 0.841. The van der Waals surface area contributed by atoms with Gasteiger partial charge in [0.2, 0.25) is 5.95 Å². The van der Waals surface area contributed by atoms with Crippen molar-refractivity contribution in [1.82, 2.24) is 20.2 Å². The molecule has 1 aromatic rings. The fourth-order valence-electron chi connectivity index (χ4n) is 4.64. The Morgan fingerprint density at radius 3 is 2.62 bits per heavy atom. The Labute approximate surface area is 154 Å². The van der Waals surface area contributed by atoms with Crippen molar-refractivity contribution in [3.8, 4) is 0 Å². The van der Waals surface area contributed by atoms with Crippen LogP contribution in [0.15, 0.2) is 18.5 Å². The van der Waals surface area contributed by atoms with Crippen molar-refractivity contribution in [1.29, 1.82) is 0 Å². The molecular weight excluding hydrogens is 330 g/mol. The van der Waals surface area contributed by atoms with Crippen LogP contribution in [0.1, 0.15) is 44.9 Å². The SMILES string of the molecule is O=C(NC1CCCCC1)N1CC[C@@]2(O)CCN(c3ncccn3)C[C@H]2C1. The second-order valence-electron chi connectivity index (χ2n) is 8.03. The van der Waals surface area contributed by atoms with Gasteiger partial charge in [0.05, 0.1) is 5.60 Å². The summed E-state index contributed by atoms with van der Waals surface area (Å²) in [6, 6.07) is 2.16. The minimum absolute atomic E-state index is 0.0333. The molecule has 1 aromatic heterocycles. The highest BCUT2D eigenvalue weighted by Gasteiger charge is 2.46. The molecule has 2 N–H and O–H groups in total. The molecule has 4 rings (SSSR count). The van der Waals surface area contributed by atoms with E-state index in [1.165, 1.54) is 19.3 Å². The van der Waals surface area contributed by atoms with E-state index in [9.17, 15) is 9.90 Å². The first-order valence-electron chi connectivity index (χ1n) is 9.94. The van der Waals surface area contributed by atoms with E-state index in [1.54, 1.807) is 12.4 Å². The standard InChI is InChI=1S/C19H29N5O2/c25-18(22-16-5-2-1-3-6-16)24-12-8-19(26)7-11-23(13-15(19)14-24)17-20-9-4-10-21-17/h4,9-10,15-16,26H,1-3,5-8,11-14H2,(H,22,25)/t15-,19-/m0/s1. The van der Waals surface area contributed by atoms with Crippen molar-refractivity contribution in [3.63, 3.8) is 0 Å². The number of nitrogens with one attached hydrogen (secondary N) is 1.